The molecule has 1 atom stereocenters. The van der Waals surface area contributed by atoms with E-state index in [-0.39, 0.29) is 29.6 Å². The van der Waals surface area contributed by atoms with Crippen molar-refractivity contribution in [3.63, 3.8) is 0 Å². The van der Waals surface area contributed by atoms with E-state index in [1.807, 2.05) is 6.26 Å². The molecule has 0 saturated carbocycles. The van der Waals surface area contributed by atoms with Crippen LogP contribution in [-0.2, 0) is 3.74 Å². The molecule has 3 N–H and O–H groups in total. The van der Waals surface area contributed by atoms with Gasteiger partial charge in [0, 0.05) is 12.1 Å². The molecule has 0 spiro atoms. The van der Waals surface area contributed by atoms with Gasteiger partial charge in [-0.25, -0.2) is 0 Å². The molecule has 0 radical (unpaired) electrons. The first-order valence-electron chi connectivity index (χ1n) is 6.35. The summed E-state index contributed by atoms with van der Waals surface area (Å²) in [5.74, 6) is 1.25. The van der Waals surface area contributed by atoms with Crippen LogP contribution in [0.15, 0.2) is 5.16 Å². The van der Waals surface area contributed by atoms with Gasteiger partial charge in [-0.15, -0.1) is 0 Å². The van der Waals surface area contributed by atoms with Crippen LogP contribution in [-0.4, -0.2) is 51.6 Å². The molecule has 0 aliphatic rings. The minimum Gasteiger partial charge on any atom is 1.00 e. The van der Waals surface area contributed by atoms with Gasteiger partial charge in [0.1, 0.15) is 0 Å². The average molecular weight is 403 g/mol. The van der Waals surface area contributed by atoms with Crippen molar-refractivity contribution < 1.29 is 41.5 Å². The molecule has 0 amide bonds. The van der Waals surface area contributed by atoms with Crippen molar-refractivity contribution in [2.24, 2.45) is 0 Å². The predicted octanol–water partition coefficient (Wildman–Crippen LogP) is -2.42. The van der Waals surface area contributed by atoms with Crippen LogP contribution in [0.4, 0.5) is 11.9 Å². The van der Waals surface area contributed by atoms with E-state index in [0.717, 1.165) is 10.9 Å². The van der Waals surface area contributed by atoms with Gasteiger partial charge in [0.2, 0.25) is 11.9 Å². The summed E-state index contributed by atoms with van der Waals surface area (Å²) in [6, 6.07) is 0.619. The average Bonchev–Trinajstić information content (AvgIpc) is 2.24. The summed E-state index contributed by atoms with van der Waals surface area (Å²) in [5, 5.41) is 7.08. The zero-order valence-corrected chi connectivity index (χ0v) is 18.8. The number of aromatic nitrogens is 3. The Balaban J connectivity index is 0. The monoisotopic (exact) mass is 403 g/mol. The zero-order valence-electron chi connectivity index (χ0n) is 14.1. The molecular weight excluding hydrogens is 380 g/mol. The summed E-state index contributed by atoms with van der Waals surface area (Å²) in [6.45, 7) is 8.21. The quantitative estimate of drug-likeness (QED) is 0.364. The summed E-state index contributed by atoms with van der Waals surface area (Å²) < 4.78 is 26.1. The number of rotatable bonds is 5. The molecule has 1 aromatic heterocycles. The molecule has 0 aromatic carbocycles. The molecule has 0 fully saturated rings. The summed E-state index contributed by atoms with van der Waals surface area (Å²) in [5.41, 5.74) is 0.804. The van der Waals surface area contributed by atoms with Crippen molar-refractivity contribution in [1.29, 1.82) is 0 Å². The predicted molar refractivity (Wildman–Crippen MR) is 83.6 cm³/mol. The van der Waals surface area contributed by atoms with Gasteiger partial charge in [-0.1, -0.05) is 11.8 Å². The number of thioether (sulfide) groups is 1. The van der Waals surface area contributed by atoms with Gasteiger partial charge in [0.25, 0.3) is 0 Å². The van der Waals surface area contributed by atoms with E-state index in [1.54, 1.807) is 0 Å². The molecule has 0 bridgehead atoms. The van der Waals surface area contributed by atoms with E-state index in [1.165, 1.54) is 11.8 Å². The topological polar surface area (TPSA) is 123 Å². The van der Waals surface area contributed by atoms with Crippen molar-refractivity contribution in [3.05, 3.63) is 0 Å². The summed E-state index contributed by atoms with van der Waals surface area (Å²) in [4.78, 5) is 12.9. The Morgan fingerprint density at radius 3 is 1.64 bits per heavy atom. The van der Waals surface area contributed by atoms with Crippen LogP contribution in [0.25, 0.3) is 0 Å². The normalized spacial score (nSPS) is 12.8. The fourth-order valence-corrected chi connectivity index (χ4v) is 1.45. The standard InChI is InChI=1S/C10H19N5S.CH5AsO3.Na/c1-6(2)11-8-13-9(12-7(3)4)15-10(14-8)16-5;1-2(3,4)5;/h6-7H,1-5H3,(H2,11,12,13,14,15);1H3,(H2,3,4,5);/q;;+1/p-1. The molecule has 0 aliphatic heterocycles. The number of nitrogens with one attached hydrogen (secondary N) is 2. The van der Waals surface area contributed by atoms with E-state index in [9.17, 15) is 7.84 Å². The fraction of sp³-hybridized carbons (Fsp3) is 0.727. The van der Waals surface area contributed by atoms with Gasteiger partial charge in [-0.2, -0.15) is 15.0 Å². The smallest absolute Gasteiger partial charge is 1.00 e. The Bertz CT molecular complexity index is 450. The Morgan fingerprint density at radius 1 is 1.09 bits per heavy atom. The second-order valence-corrected chi connectivity index (χ2v) is 9.01. The van der Waals surface area contributed by atoms with Crippen LogP contribution in [0.1, 0.15) is 27.7 Å². The number of anilines is 2. The summed E-state index contributed by atoms with van der Waals surface area (Å²) in [6.07, 6.45) is 1.95. The maximum Gasteiger partial charge on any atom is 1.00 e. The van der Waals surface area contributed by atoms with Gasteiger partial charge in [0.05, 0.1) is 0 Å². The van der Waals surface area contributed by atoms with Gasteiger partial charge >= 0.3 is 61.4 Å². The van der Waals surface area contributed by atoms with Crippen LogP contribution in [0.2, 0.25) is 5.71 Å². The molecule has 1 rings (SSSR count). The van der Waals surface area contributed by atoms with E-state index < -0.39 is 14.2 Å². The Morgan fingerprint density at radius 2 is 1.41 bits per heavy atom. The minimum atomic E-state index is -4.38. The van der Waals surface area contributed by atoms with Crippen LogP contribution in [0.5, 0.6) is 0 Å². The fourth-order valence-electron chi connectivity index (χ4n) is 1.09. The summed E-state index contributed by atoms with van der Waals surface area (Å²) in [7, 11) is 0. The van der Waals surface area contributed by atoms with Gasteiger partial charge in [0.15, 0.2) is 5.16 Å². The van der Waals surface area contributed by atoms with Crippen LogP contribution < -0.4 is 44.3 Å². The SMILES string of the molecule is CSc1nc(NC(C)C)nc(NC(C)C)n1.C[As](=O)([O-])O.[Na+]. The molecule has 0 aliphatic carbocycles. The Hall–Kier alpha value is 0.238. The van der Waals surface area contributed by atoms with Crippen LogP contribution in [0, 0.1) is 0 Å². The first-order chi connectivity index (χ1) is 9.51. The van der Waals surface area contributed by atoms with E-state index in [0.29, 0.717) is 24.0 Å². The molecule has 22 heavy (non-hydrogen) atoms. The third kappa shape index (κ3) is 15.1. The van der Waals surface area contributed by atoms with Gasteiger partial charge in [-0.3, -0.25) is 0 Å². The maximum atomic E-state index is 9.28. The molecule has 11 heteroatoms. The number of hydrogen-bond donors (Lipinski definition) is 3. The molecule has 1 heterocycles. The van der Waals surface area contributed by atoms with Crippen molar-refractivity contribution in [2.45, 2.75) is 50.6 Å². The zero-order chi connectivity index (χ0) is 16.6. The molecule has 0 saturated heterocycles. The largest absolute Gasteiger partial charge is 1.00 e. The Kier molecular flexibility index (Phi) is 13.1. The van der Waals surface area contributed by atoms with Gasteiger partial charge < -0.3 is 10.6 Å². The Labute approximate surface area is 161 Å². The third-order valence-electron chi connectivity index (χ3n) is 1.63. The van der Waals surface area contributed by atoms with E-state index in [2.05, 4.69) is 53.3 Å². The van der Waals surface area contributed by atoms with Gasteiger partial charge in [-0.05, 0) is 34.0 Å². The maximum absolute atomic E-state index is 9.28. The number of nitrogens with zero attached hydrogens (tertiary/aromatic N) is 3. The summed E-state index contributed by atoms with van der Waals surface area (Å²) >= 11 is -2.87. The molecule has 1 unspecified atom stereocenters. The van der Waals surface area contributed by atoms with Crippen molar-refractivity contribution in [2.75, 3.05) is 16.9 Å². The van der Waals surface area contributed by atoms with Crippen molar-refractivity contribution >= 4 is 37.8 Å². The number of hydrogen-bond acceptors (Lipinski definition) is 8. The van der Waals surface area contributed by atoms with Crippen LogP contribution in [0.3, 0.4) is 0 Å². The minimum absolute atomic E-state index is 0. The molecule has 8 nitrogen and oxygen atoms in total. The van der Waals surface area contributed by atoms with Crippen LogP contribution >= 0.6 is 11.8 Å². The second kappa shape index (κ2) is 11.7. The second-order valence-electron chi connectivity index (χ2n) is 4.87. The molecule has 122 valence electrons. The van der Waals surface area contributed by atoms with E-state index in [4.69, 9.17) is 4.10 Å². The molecular formula is C11H23AsN5NaO3S. The first-order valence-corrected chi connectivity index (χ1v) is 11.8. The van der Waals surface area contributed by atoms with Crippen molar-refractivity contribution in [3.8, 4) is 0 Å². The molecule has 1 aromatic rings. The van der Waals surface area contributed by atoms with Crippen molar-refractivity contribution in [1.82, 2.24) is 15.0 Å². The first kappa shape index (κ1) is 24.5. The third-order valence-corrected chi connectivity index (χ3v) is 2.18. The van der Waals surface area contributed by atoms with E-state index >= 15 is 0 Å².